The van der Waals surface area contributed by atoms with Gasteiger partial charge in [-0.1, -0.05) is 5.16 Å². The highest BCUT2D eigenvalue weighted by Gasteiger charge is 2.22. The van der Waals surface area contributed by atoms with Crippen molar-refractivity contribution in [2.24, 2.45) is 0 Å². The van der Waals surface area contributed by atoms with Gasteiger partial charge in [-0.25, -0.2) is 17.6 Å². The number of benzene rings is 1. The van der Waals surface area contributed by atoms with Crippen molar-refractivity contribution < 1.29 is 27.2 Å². The van der Waals surface area contributed by atoms with Crippen LogP contribution in [0.3, 0.4) is 0 Å². The number of carboxylic acid groups (broad SMARTS) is 1. The third kappa shape index (κ3) is 2.71. The highest BCUT2D eigenvalue weighted by atomic mass is 32.2. The molecule has 0 bridgehead atoms. The molecule has 19 heavy (non-hydrogen) atoms. The average Bonchev–Trinajstić information content (AvgIpc) is 2.81. The van der Waals surface area contributed by atoms with Crippen LogP contribution >= 0.6 is 0 Å². The molecule has 100 valence electrons. The van der Waals surface area contributed by atoms with Gasteiger partial charge in [-0.15, -0.1) is 0 Å². The van der Waals surface area contributed by atoms with Gasteiger partial charge in [0.1, 0.15) is 17.0 Å². The number of halogens is 1. The SMILES string of the molecule is O=C(O)c1ccc(F)c(S(=O)(=O)Nc2ccon2)c1. The summed E-state index contributed by atoms with van der Waals surface area (Å²) in [5.74, 6) is -2.57. The predicted octanol–water partition coefficient (Wildman–Crippen LogP) is 1.31. The van der Waals surface area contributed by atoms with Gasteiger partial charge in [0.2, 0.25) is 0 Å². The molecule has 1 heterocycles. The molecule has 0 fully saturated rings. The van der Waals surface area contributed by atoms with Crippen LogP contribution in [0, 0.1) is 5.82 Å². The lowest BCUT2D eigenvalue weighted by Crippen LogP contribution is -2.15. The van der Waals surface area contributed by atoms with Gasteiger partial charge in [0.25, 0.3) is 10.0 Å². The number of carbonyl (C=O) groups is 1. The number of hydrogen-bond donors (Lipinski definition) is 2. The summed E-state index contributed by atoms with van der Waals surface area (Å²) in [6.07, 6.45) is 1.13. The fraction of sp³-hybridized carbons (Fsp3) is 0. The zero-order valence-corrected chi connectivity index (χ0v) is 10.0. The Bertz CT molecular complexity index is 712. The van der Waals surface area contributed by atoms with E-state index in [2.05, 4.69) is 9.68 Å². The van der Waals surface area contributed by atoms with Gasteiger partial charge in [-0.05, 0) is 18.2 Å². The smallest absolute Gasteiger partial charge is 0.335 e. The first-order valence-corrected chi connectivity index (χ1v) is 6.34. The summed E-state index contributed by atoms with van der Waals surface area (Å²) < 4.78 is 43.6. The van der Waals surface area contributed by atoms with Crippen molar-refractivity contribution in [3.05, 3.63) is 41.9 Å². The summed E-state index contributed by atoms with van der Waals surface area (Å²) in [6, 6.07) is 3.67. The van der Waals surface area contributed by atoms with Crippen molar-refractivity contribution in [3.63, 3.8) is 0 Å². The number of nitrogens with one attached hydrogen (secondary N) is 1. The summed E-state index contributed by atoms with van der Waals surface area (Å²) in [5.41, 5.74) is -0.345. The van der Waals surface area contributed by atoms with E-state index in [1.165, 1.54) is 6.07 Å². The Morgan fingerprint density at radius 1 is 1.37 bits per heavy atom. The fourth-order valence-corrected chi connectivity index (χ4v) is 2.40. The topological polar surface area (TPSA) is 110 Å². The predicted molar refractivity (Wildman–Crippen MR) is 60.7 cm³/mol. The van der Waals surface area contributed by atoms with E-state index in [4.69, 9.17) is 5.11 Å². The third-order valence-electron chi connectivity index (χ3n) is 2.14. The first-order chi connectivity index (χ1) is 8.90. The molecule has 7 nitrogen and oxygen atoms in total. The normalized spacial score (nSPS) is 11.2. The first-order valence-electron chi connectivity index (χ1n) is 4.86. The maximum absolute atomic E-state index is 13.5. The highest BCUT2D eigenvalue weighted by molar-refractivity contribution is 7.92. The van der Waals surface area contributed by atoms with Gasteiger partial charge < -0.3 is 9.63 Å². The molecule has 2 rings (SSSR count). The molecule has 2 aromatic rings. The van der Waals surface area contributed by atoms with Crippen molar-refractivity contribution in [2.75, 3.05) is 4.72 Å². The molecule has 0 saturated carbocycles. The first kappa shape index (κ1) is 13.0. The van der Waals surface area contributed by atoms with Gasteiger partial charge in [-0.2, -0.15) is 0 Å². The standard InChI is InChI=1S/C10H7FN2O5S/c11-7-2-1-6(10(14)15)5-8(7)19(16,17)13-9-3-4-18-12-9/h1-5H,(H,12,13)(H,14,15). The molecule has 0 saturated heterocycles. The number of aromatic nitrogens is 1. The summed E-state index contributed by atoms with van der Waals surface area (Å²) in [7, 11) is -4.28. The summed E-state index contributed by atoms with van der Waals surface area (Å²) >= 11 is 0. The van der Waals surface area contributed by atoms with Crippen molar-refractivity contribution in [2.45, 2.75) is 4.90 Å². The fourth-order valence-electron chi connectivity index (χ4n) is 1.30. The number of anilines is 1. The van der Waals surface area contributed by atoms with Crippen LogP contribution in [0.4, 0.5) is 10.2 Å². The van der Waals surface area contributed by atoms with Crippen LogP contribution in [-0.4, -0.2) is 24.7 Å². The van der Waals surface area contributed by atoms with E-state index in [0.717, 1.165) is 24.5 Å². The molecule has 0 unspecified atom stereocenters. The van der Waals surface area contributed by atoms with Crippen LogP contribution in [-0.2, 0) is 10.0 Å². The van der Waals surface area contributed by atoms with Crippen molar-refractivity contribution in [1.29, 1.82) is 0 Å². The quantitative estimate of drug-likeness (QED) is 0.877. The molecule has 0 atom stereocenters. The van der Waals surface area contributed by atoms with Crippen LogP contribution in [0.5, 0.6) is 0 Å². The Hall–Kier alpha value is -2.42. The van der Waals surface area contributed by atoms with Gasteiger partial charge in [0, 0.05) is 6.07 Å². The van der Waals surface area contributed by atoms with E-state index >= 15 is 0 Å². The van der Waals surface area contributed by atoms with E-state index < -0.39 is 26.7 Å². The number of rotatable bonds is 4. The molecule has 0 aliphatic heterocycles. The maximum Gasteiger partial charge on any atom is 0.335 e. The Labute approximate surface area is 106 Å². The summed E-state index contributed by atoms with van der Waals surface area (Å²) in [5, 5.41) is 12.1. The van der Waals surface area contributed by atoms with Gasteiger partial charge in [0.15, 0.2) is 5.82 Å². The van der Waals surface area contributed by atoms with Crippen LogP contribution in [0.25, 0.3) is 0 Å². The monoisotopic (exact) mass is 286 g/mol. The van der Waals surface area contributed by atoms with Gasteiger partial charge in [0.05, 0.1) is 5.56 Å². The lowest BCUT2D eigenvalue weighted by atomic mass is 10.2. The van der Waals surface area contributed by atoms with Crippen molar-refractivity contribution in [3.8, 4) is 0 Å². The molecule has 2 N–H and O–H groups in total. The Morgan fingerprint density at radius 3 is 2.68 bits per heavy atom. The Morgan fingerprint density at radius 2 is 2.11 bits per heavy atom. The molecule has 9 heteroatoms. The van der Waals surface area contributed by atoms with Crippen molar-refractivity contribution >= 4 is 21.8 Å². The number of aromatic carboxylic acids is 1. The number of hydrogen-bond acceptors (Lipinski definition) is 5. The minimum absolute atomic E-state index is 0.139. The minimum atomic E-state index is -4.28. The summed E-state index contributed by atoms with van der Waals surface area (Å²) in [6.45, 7) is 0. The minimum Gasteiger partial charge on any atom is -0.478 e. The van der Waals surface area contributed by atoms with Gasteiger partial charge in [-0.3, -0.25) is 4.72 Å². The van der Waals surface area contributed by atoms with Crippen LogP contribution in [0.2, 0.25) is 0 Å². The second-order valence-corrected chi connectivity index (χ2v) is 5.09. The zero-order valence-electron chi connectivity index (χ0n) is 9.20. The molecule has 1 aromatic heterocycles. The number of sulfonamides is 1. The number of carboxylic acids is 1. The largest absolute Gasteiger partial charge is 0.478 e. The molecule has 1 aromatic carbocycles. The van der Waals surface area contributed by atoms with E-state index in [-0.39, 0.29) is 11.4 Å². The van der Waals surface area contributed by atoms with E-state index in [1.807, 2.05) is 4.72 Å². The van der Waals surface area contributed by atoms with E-state index in [9.17, 15) is 17.6 Å². The molecular formula is C10H7FN2O5S. The number of nitrogens with zero attached hydrogens (tertiary/aromatic N) is 1. The second-order valence-electron chi connectivity index (χ2n) is 3.44. The Balaban J connectivity index is 2.45. The van der Waals surface area contributed by atoms with Crippen LogP contribution < -0.4 is 4.72 Å². The molecule has 0 spiro atoms. The zero-order chi connectivity index (χ0) is 14.0. The lowest BCUT2D eigenvalue weighted by Gasteiger charge is -2.06. The van der Waals surface area contributed by atoms with E-state index in [1.54, 1.807) is 0 Å². The van der Waals surface area contributed by atoms with Gasteiger partial charge >= 0.3 is 5.97 Å². The lowest BCUT2D eigenvalue weighted by molar-refractivity contribution is 0.0696. The van der Waals surface area contributed by atoms with E-state index in [0.29, 0.717) is 0 Å². The second kappa shape index (κ2) is 4.69. The highest BCUT2D eigenvalue weighted by Crippen LogP contribution is 2.19. The maximum atomic E-state index is 13.5. The third-order valence-corrected chi connectivity index (χ3v) is 3.51. The van der Waals surface area contributed by atoms with Crippen molar-refractivity contribution in [1.82, 2.24) is 5.16 Å². The molecule has 0 aliphatic rings. The molecular weight excluding hydrogens is 279 g/mol. The molecule has 0 amide bonds. The molecule has 0 aliphatic carbocycles. The molecule has 0 radical (unpaired) electrons. The Kier molecular flexibility index (Phi) is 3.21. The summed E-state index contributed by atoms with van der Waals surface area (Å²) in [4.78, 5) is 9.96. The average molecular weight is 286 g/mol. The van der Waals surface area contributed by atoms with Crippen LogP contribution in [0.15, 0.2) is 39.9 Å². The van der Waals surface area contributed by atoms with Crippen LogP contribution in [0.1, 0.15) is 10.4 Å².